The van der Waals surface area contributed by atoms with Crippen LogP contribution in [0.5, 0.6) is 0 Å². The molecule has 0 aliphatic rings. The normalized spacial score (nSPS) is 11.2. The first-order valence-corrected chi connectivity index (χ1v) is 4.57. The van der Waals surface area contributed by atoms with E-state index in [-0.39, 0.29) is 0 Å². The van der Waals surface area contributed by atoms with E-state index in [4.69, 9.17) is 5.11 Å². The predicted molar refractivity (Wildman–Crippen MR) is 54.7 cm³/mol. The van der Waals surface area contributed by atoms with Crippen LogP contribution in [-0.4, -0.2) is 11.1 Å². The van der Waals surface area contributed by atoms with Gasteiger partial charge < -0.3 is 5.11 Å². The predicted octanol–water partition coefficient (Wildman–Crippen LogP) is 3.15. The van der Waals surface area contributed by atoms with E-state index in [2.05, 4.69) is 19.9 Å². The monoisotopic (exact) mass is 182 g/mol. The Kier molecular flexibility index (Phi) is 5.94. The van der Waals surface area contributed by atoms with Crippen LogP contribution in [0.4, 0.5) is 0 Å². The summed E-state index contributed by atoms with van der Waals surface area (Å²) in [6.07, 6.45) is 6.86. The van der Waals surface area contributed by atoms with Crippen LogP contribution in [0.25, 0.3) is 0 Å². The Morgan fingerprint density at radius 1 is 1.15 bits per heavy atom. The van der Waals surface area contributed by atoms with Gasteiger partial charge in [0.05, 0.1) is 0 Å². The van der Waals surface area contributed by atoms with E-state index < -0.39 is 5.97 Å². The van der Waals surface area contributed by atoms with Crippen molar-refractivity contribution in [1.29, 1.82) is 0 Å². The number of allylic oxidation sites excluding steroid dienone is 3. The summed E-state index contributed by atoms with van der Waals surface area (Å²) in [6.45, 7) is 5.76. The van der Waals surface area contributed by atoms with Gasteiger partial charge in [-0.1, -0.05) is 17.7 Å². The summed E-state index contributed by atoms with van der Waals surface area (Å²) in [6, 6.07) is 0. The zero-order chi connectivity index (χ0) is 10.3. The smallest absolute Gasteiger partial charge is 0.330 e. The molecule has 0 aromatic carbocycles. The fourth-order valence-electron chi connectivity index (χ4n) is 0.914. The number of hydrogen-bond acceptors (Lipinski definition) is 1. The second-order valence-electron chi connectivity index (χ2n) is 3.40. The van der Waals surface area contributed by atoms with Crippen LogP contribution in [0, 0.1) is 0 Å². The van der Waals surface area contributed by atoms with Crippen molar-refractivity contribution in [3.8, 4) is 0 Å². The lowest BCUT2D eigenvalue weighted by Crippen LogP contribution is -1.95. The molecule has 0 saturated carbocycles. The lowest BCUT2D eigenvalue weighted by molar-refractivity contribution is -0.132. The van der Waals surface area contributed by atoms with Crippen molar-refractivity contribution >= 4 is 5.97 Å². The Morgan fingerprint density at radius 3 is 2.15 bits per heavy atom. The lowest BCUT2D eigenvalue weighted by atomic mass is 10.1. The van der Waals surface area contributed by atoms with Gasteiger partial charge in [0, 0.05) is 5.57 Å². The van der Waals surface area contributed by atoms with E-state index in [1.807, 2.05) is 0 Å². The average molecular weight is 182 g/mol. The Labute approximate surface area is 80.0 Å². The van der Waals surface area contributed by atoms with Crippen molar-refractivity contribution in [3.63, 3.8) is 0 Å². The number of unbranched alkanes of at least 4 members (excludes halogenated alkanes) is 2. The minimum Gasteiger partial charge on any atom is -0.478 e. The fourth-order valence-corrected chi connectivity index (χ4v) is 0.914. The SMILES string of the molecule is CC(C)=CCCC/C=C(\C)C(=O)O. The van der Waals surface area contributed by atoms with Gasteiger partial charge in [0.1, 0.15) is 0 Å². The van der Waals surface area contributed by atoms with Gasteiger partial charge in [0.25, 0.3) is 0 Å². The van der Waals surface area contributed by atoms with E-state index >= 15 is 0 Å². The third-order valence-electron chi connectivity index (χ3n) is 1.75. The van der Waals surface area contributed by atoms with E-state index in [1.165, 1.54) is 5.57 Å². The van der Waals surface area contributed by atoms with Gasteiger partial charge in [-0.05, 0) is 40.0 Å². The molecule has 0 aliphatic carbocycles. The lowest BCUT2D eigenvalue weighted by Gasteiger charge is -1.94. The van der Waals surface area contributed by atoms with Crippen LogP contribution in [0.3, 0.4) is 0 Å². The standard InChI is InChI=1S/C11H18O2/c1-9(2)7-5-4-6-8-10(3)11(12)13/h7-8H,4-6H2,1-3H3,(H,12,13)/b10-8+. The largest absolute Gasteiger partial charge is 0.478 e. The average Bonchev–Trinajstić information content (AvgIpc) is 2.02. The van der Waals surface area contributed by atoms with E-state index in [1.54, 1.807) is 13.0 Å². The minimum absolute atomic E-state index is 0.442. The van der Waals surface area contributed by atoms with Crippen molar-refractivity contribution in [2.24, 2.45) is 0 Å². The first kappa shape index (κ1) is 11.9. The molecule has 0 amide bonds. The molecular weight excluding hydrogens is 164 g/mol. The Balaban J connectivity index is 3.62. The zero-order valence-corrected chi connectivity index (χ0v) is 8.63. The summed E-state index contributed by atoms with van der Waals surface area (Å²) in [4.78, 5) is 10.4. The first-order valence-electron chi connectivity index (χ1n) is 4.57. The van der Waals surface area contributed by atoms with Crippen LogP contribution >= 0.6 is 0 Å². The molecule has 0 aromatic heterocycles. The minimum atomic E-state index is -0.817. The Morgan fingerprint density at radius 2 is 1.69 bits per heavy atom. The van der Waals surface area contributed by atoms with E-state index in [0.29, 0.717) is 5.57 Å². The van der Waals surface area contributed by atoms with Crippen LogP contribution < -0.4 is 0 Å². The molecule has 2 heteroatoms. The van der Waals surface area contributed by atoms with Gasteiger partial charge in [-0.3, -0.25) is 0 Å². The molecule has 0 unspecified atom stereocenters. The van der Waals surface area contributed by atoms with E-state index in [0.717, 1.165) is 19.3 Å². The summed E-state index contributed by atoms with van der Waals surface area (Å²) < 4.78 is 0. The molecule has 0 atom stereocenters. The molecule has 74 valence electrons. The topological polar surface area (TPSA) is 37.3 Å². The van der Waals surface area contributed by atoms with Crippen molar-refractivity contribution in [2.75, 3.05) is 0 Å². The van der Waals surface area contributed by atoms with Crippen LogP contribution in [0.2, 0.25) is 0 Å². The number of carboxylic acids is 1. The summed E-state index contributed by atoms with van der Waals surface area (Å²) in [5.74, 6) is -0.817. The second-order valence-corrected chi connectivity index (χ2v) is 3.40. The number of hydrogen-bond donors (Lipinski definition) is 1. The molecule has 0 spiro atoms. The quantitative estimate of drug-likeness (QED) is 0.403. The highest BCUT2D eigenvalue weighted by atomic mass is 16.4. The van der Waals surface area contributed by atoms with Crippen LogP contribution in [0.15, 0.2) is 23.3 Å². The van der Waals surface area contributed by atoms with E-state index in [9.17, 15) is 4.79 Å². The third kappa shape index (κ3) is 7.32. The zero-order valence-electron chi connectivity index (χ0n) is 8.63. The van der Waals surface area contributed by atoms with Gasteiger partial charge in [0.15, 0.2) is 0 Å². The molecule has 13 heavy (non-hydrogen) atoms. The Hall–Kier alpha value is -1.05. The van der Waals surface area contributed by atoms with Crippen LogP contribution in [0.1, 0.15) is 40.0 Å². The second kappa shape index (κ2) is 6.46. The molecule has 0 fully saturated rings. The van der Waals surface area contributed by atoms with Crippen molar-refractivity contribution in [1.82, 2.24) is 0 Å². The summed E-state index contributed by atoms with van der Waals surface area (Å²) in [5, 5.41) is 8.55. The molecule has 0 aromatic rings. The molecular formula is C11H18O2. The summed E-state index contributed by atoms with van der Waals surface area (Å²) >= 11 is 0. The molecule has 0 bridgehead atoms. The molecule has 0 saturated heterocycles. The summed E-state index contributed by atoms with van der Waals surface area (Å²) in [7, 11) is 0. The highest BCUT2D eigenvalue weighted by Crippen LogP contribution is 2.03. The Bertz CT molecular complexity index is 220. The van der Waals surface area contributed by atoms with Crippen LogP contribution in [-0.2, 0) is 4.79 Å². The number of rotatable bonds is 5. The number of aliphatic carboxylic acids is 1. The highest BCUT2D eigenvalue weighted by Gasteiger charge is 1.96. The van der Waals surface area contributed by atoms with Gasteiger partial charge in [0.2, 0.25) is 0 Å². The van der Waals surface area contributed by atoms with Gasteiger partial charge >= 0.3 is 5.97 Å². The first-order chi connectivity index (χ1) is 6.04. The molecule has 2 nitrogen and oxygen atoms in total. The van der Waals surface area contributed by atoms with Crippen molar-refractivity contribution in [2.45, 2.75) is 40.0 Å². The highest BCUT2D eigenvalue weighted by molar-refractivity contribution is 5.85. The number of carboxylic acid groups (broad SMARTS) is 1. The molecule has 0 rings (SSSR count). The maximum atomic E-state index is 10.4. The molecule has 0 heterocycles. The van der Waals surface area contributed by atoms with Crippen molar-refractivity contribution in [3.05, 3.63) is 23.3 Å². The third-order valence-corrected chi connectivity index (χ3v) is 1.75. The van der Waals surface area contributed by atoms with Gasteiger partial charge in [-0.15, -0.1) is 0 Å². The van der Waals surface area contributed by atoms with Gasteiger partial charge in [-0.25, -0.2) is 4.79 Å². The maximum absolute atomic E-state index is 10.4. The number of carbonyl (C=O) groups is 1. The molecule has 0 aliphatic heterocycles. The fraction of sp³-hybridized carbons (Fsp3) is 0.545. The summed E-state index contributed by atoms with van der Waals surface area (Å²) in [5.41, 5.74) is 1.76. The van der Waals surface area contributed by atoms with Crippen molar-refractivity contribution < 1.29 is 9.90 Å². The van der Waals surface area contributed by atoms with Gasteiger partial charge in [-0.2, -0.15) is 0 Å². The molecule has 1 N–H and O–H groups in total. The molecule has 0 radical (unpaired) electrons. The maximum Gasteiger partial charge on any atom is 0.330 e.